The van der Waals surface area contributed by atoms with Crippen LogP contribution in [0.25, 0.3) is 0 Å². The van der Waals surface area contributed by atoms with Crippen molar-refractivity contribution in [1.82, 2.24) is 0 Å². The van der Waals surface area contributed by atoms with Gasteiger partial charge in [0.1, 0.15) is 0 Å². The molecule has 0 amide bonds. The Morgan fingerprint density at radius 1 is 0.324 bits per heavy atom. The van der Waals surface area contributed by atoms with Crippen molar-refractivity contribution in [3.05, 3.63) is 46.0 Å². The Balaban J connectivity index is -0.0000000412. The van der Waals surface area contributed by atoms with Crippen LogP contribution in [0.4, 0.5) is 0 Å². The van der Waals surface area contributed by atoms with E-state index in [9.17, 15) is 0 Å². The molecule has 0 aliphatic carbocycles. The van der Waals surface area contributed by atoms with Gasteiger partial charge in [-0.25, -0.2) is 0 Å². The van der Waals surface area contributed by atoms with E-state index in [-0.39, 0.29) is 50.2 Å². The van der Waals surface area contributed by atoms with Gasteiger partial charge in [0.15, 0.2) is 0 Å². The minimum absolute atomic E-state index is 0. The third-order valence-electron chi connectivity index (χ3n) is 2.23. The zero-order valence-corrected chi connectivity index (χ0v) is 21.1. The third kappa shape index (κ3) is 138. The maximum absolute atomic E-state index is 8.25. The summed E-state index contributed by atoms with van der Waals surface area (Å²) in [6.07, 6.45) is 0. The van der Waals surface area contributed by atoms with Crippen LogP contribution < -0.4 is 0 Å². The molecule has 0 spiro atoms. The molecule has 25 heteroatoms. The first-order chi connectivity index (χ1) is 14.2. The summed E-state index contributed by atoms with van der Waals surface area (Å²) in [4.78, 5) is 24.8. The van der Waals surface area contributed by atoms with Crippen molar-refractivity contribution in [3.63, 3.8) is 0 Å². The molecule has 1 heterocycles. The fraction of sp³-hybridized carbons (Fsp3) is 1.00. The van der Waals surface area contributed by atoms with Gasteiger partial charge < -0.3 is 107 Å². The second kappa shape index (κ2) is 59.0. The van der Waals surface area contributed by atoms with Crippen molar-refractivity contribution in [1.29, 1.82) is 0 Å². The van der Waals surface area contributed by atoms with Gasteiger partial charge in [0.25, 0.3) is 0 Å². The average molecular weight is 591 g/mol. The van der Waals surface area contributed by atoms with Gasteiger partial charge in [-0.2, -0.15) is 0 Å². The minimum Gasteiger partial charge on any atom is -0.457 e. The summed E-state index contributed by atoms with van der Waals surface area (Å²) in [6.45, 7) is 7.04. The molecule has 0 atom stereocenters. The van der Waals surface area contributed by atoms with E-state index >= 15 is 0 Å². The molecule has 1 fully saturated rings. The normalized spacial score (nSPS) is 13.6. The van der Waals surface area contributed by atoms with Crippen LogP contribution in [0.2, 0.25) is 0 Å². The monoisotopic (exact) mass is 591 g/mol. The maximum Gasteiger partial charge on any atom is 3.00 e. The van der Waals surface area contributed by atoms with Gasteiger partial charge >= 0.3 is 17.4 Å². The Bertz CT molecular complexity index is 297. The van der Waals surface area contributed by atoms with E-state index in [0.29, 0.717) is 79.3 Å². The first kappa shape index (κ1) is 64.6. The van der Waals surface area contributed by atoms with E-state index in [1.807, 2.05) is 0 Å². The van der Waals surface area contributed by atoms with E-state index < -0.39 is 15.3 Å². The van der Waals surface area contributed by atoms with Gasteiger partial charge in [-0.1, -0.05) is 0 Å². The van der Waals surface area contributed by atoms with Crippen LogP contribution in [0.5, 0.6) is 0 Å². The summed E-state index contributed by atoms with van der Waals surface area (Å²) in [6, 6.07) is 0. The van der Waals surface area contributed by atoms with Crippen molar-refractivity contribution in [3.8, 4) is 0 Å². The van der Waals surface area contributed by atoms with E-state index in [1.165, 1.54) is 0 Å². The first-order valence-corrected chi connectivity index (χ1v) is 8.11. The topological polar surface area (TPSA) is 452 Å². The maximum atomic E-state index is 8.25. The van der Waals surface area contributed by atoms with Crippen molar-refractivity contribution < 1.29 is 76.5 Å². The molecule has 0 radical (unpaired) electrons. The van der Waals surface area contributed by atoms with Crippen LogP contribution in [0.15, 0.2) is 0 Å². The summed E-state index contributed by atoms with van der Waals surface area (Å²) in [5, 5.41) is 44.2. The average Bonchev–Trinajstić information content (AvgIpc) is 2.60. The number of hydrogen-bond donors (Lipinski definition) is 0. The zero-order valence-electron chi connectivity index (χ0n) is 20.0. The fourth-order valence-electron chi connectivity index (χ4n) is 1.32. The summed E-state index contributed by atoms with van der Waals surface area (Å²) in [5.74, 6) is 0. The first-order valence-electron chi connectivity index (χ1n) is 8.11. The molecule has 1 saturated heterocycles. The van der Waals surface area contributed by atoms with Gasteiger partial charge in [0.05, 0.1) is 94.5 Å². The predicted octanol–water partition coefficient (Wildman–Crippen LogP) is -6.53. The van der Waals surface area contributed by atoms with E-state index in [2.05, 4.69) is 0 Å². The van der Waals surface area contributed by atoms with Crippen LogP contribution in [0, 0.1) is 46.0 Å². The van der Waals surface area contributed by atoms with Crippen LogP contribution in [-0.2, 0) is 61.3 Å². The Morgan fingerprint density at radius 3 is 0.432 bits per heavy atom. The van der Waals surface area contributed by atoms with Gasteiger partial charge in [0.2, 0.25) is 0 Å². The van der Waals surface area contributed by atoms with Gasteiger partial charge in [0, 0.05) is 0 Å². The Hall–Kier alpha value is -2.35. The predicted molar refractivity (Wildman–Crippen MR) is 131 cm³/mol. The molecule has 0 aromatic heterocycles. The second-order valence-corrected chi connectivity index (χ2v) is 4.35. The van der Waals surface area contributed by atoms with Crippen LogP contribution in [-0.4, -0.2) is 112 Å². The fourth-order valence-corrected chi connectivity index (χ4v) is 1.32. The Kier molecular flexibility index (Phi) is 103. The number of ether oxygens (including phenoxy) is 6. The molecule has 24 nitrogen and oxygen atoms in total. The molecule has 228 valence electrons. The molecule has 0 bridgehead atoms. The molecule has 18 N–H and O–H groups in total. The van der Waals surface area contributed by atoms with Crippen LogP contribution in [0.1, 0.15) is 0 Å². The molecule has 37 heavy (non-hydrogen) atoms. The number of rotatable bonds is 0. The van der Waals surface area contributed by atoms with Gasteiger partial charge in [-0.3, -0.25) is 0 Å². The third-order valence-corrected chi connectivity index (χ3v) is 2.23. The standard InChI is InChI=1S/C12H24O6.Al.3NO3.6H2O/c1-2-14-5-6-16-9-10-18-12-11-17-8-7-15-4-3-13-1;;3*2-1(3)4;;;;;;/h1-12H2;;;;;6*1H2/q;+3;3*-1;;;;;;/p+6. The largest absolute Gasteiger partial charge is 3.00 e. The molecule has 0 saturated carbocycles. The number of hydrogen-bond acceptors (Lipinski definition) is 15. The van der Waals surface area contributed by atoms with Crippen LogP contribution in [0.3, 0.4) is 0 Å². The zero-order chi connectivity index (χ0) is 23.5. The molecule has 1 aliphatic rings. The van der Waals surface area contributed by atoms with Crippen molar-refractivity contribution in [2.75, 3.05) is 79.3 Å². The van der Waals surface area contributed by atoms with E-state index in [1.54, 1.807) is 0 Å². The van der Waals surface area contributed by atoms with E-state index in [4.69, 9.17) is 74.4 Å². The SMILES string of the molecule is C1COCCOCCOCCOCCOCCO1.O=[N+]([O-])[O-].O=[N+]([O-])[O-].O=[N+]([O-])[O-].[Al+3].[OH3+].[OH3+].[OH3+].[OH3+].[OH3+].[OH3+]. The quantitative estimate of drug-likeness (QED) is 0.109. The molecule has 0 unspecified atom stereocenters. The van der Waals surface area contributed by atoms with Crippen molar-refractivity contribution in [2.45, 2.75) is 0 Å². The Labute approximate surface area is 219 Å². The van der Waals surface area contributed by atoms with Crippen LogP contribution >= 0.6 is 0 Å². The summed E-state index contributed by atoms with van der Waals surface area (Å²) in [5.41, 5.74) is 0. The molecular weight excluding hydrogens is 549 g/mol. The molecule has 1 rings (SSSR count). The molecule has 0 aromatic carbocycles. The summed E-state index contributed by atoms with van der Waals surface area (Å²) in [7, 11) is 0. The second-order valence-electron chi connectivity index (χ2n) is 4.35. The molecule has 0 aromatic rings. The van der Waals surface area contributed by atoms with Crippen molar-refractivity contribution >= 4 is 17.4 Å². The van der Waals surface area contributed by atoms with Gasteiger partial charge in [-0.05, 0) is 0 Å². The molecule has 1 aliphatic heterocycles. The van der Waals surface area contributed by atoms with E-state index in [0.717, 1.165) is 0 Å². The van der Waals surface area contributed by atoms with Gasteiger partial charge in [-0.15, -0.1) is 0 Å². The van der Waals surface area contributed by atoms with Crippen molar-refractivity contribution in [2.24, 2.45) is 0 Å². The number of nitrogens with zero attached hydrogens (tertiary/aromatic N) is 3. The molecular formula is C12H42AlN3O21+6. The smallest absolute Gasteiger partial charge is 0.457 e. The minimum atomic E-state index is -1.75. The Morgan fingerprint density at radius 2 is 0.378 bits per heavy atom. The summed E-state index contributed by atoms with van der Waals surface area (Å²) >= 11 is 0. The summed E-state index contributed by atoms with van der Waals surface area (Å²) < 4.78 is 32.0.